The number of nitrogens with zero attached hydrogens (tertiary/aromatic N) is 1. The van der Waals surface area contributed by atoms with E-state index in [2.05, 4.69) is 36.1 Å². The van der Waals surface area contributed by atoms with Gasteiger partial charge in [-0.2, -0.15) is 0 Å². The minimum absolute atomic E-state index is 0.0423. The van der Waals surface area contributed by atoms with Crippen molar-refractivity contribution >= 4 is 11.1 Å². The number of hydrogen-bond acceptors (Lipinski definition) is 5. The Balaban J connectivity index is 1.46. The third-order valence-corrected chi connectivity index (χ3v) is 7.69. The van der Waals surface area contributed by atoms with Gasteiger partial charge in [-0.15, -0.1) is 0 Å². The SMILES string of the molecule is COc1ccc(C2=C(C(O)c3ccc(OC(C)N4CCCCC4)cc3)c3ccc(OC)cc3CC2)cc1. The molecule has 1 aliphatic heterocycles. The second-order valence-corrected chi connectivity index (χ2v) is 9.93. The Hall–Kier alpha value is -3.28. The lowest BCUT2D eigenvalue weighted by molar-refractivity contribution is 0.0262. The minimum atomic E-state index is -0.766. The molecule has 0 aromatic heterocycles. The van der Waals surface area contributed by atoms with E-state index in [0.29, 0.717) is 0 Å². The van der Waals surface area contributed by atoms with Crippen molar-refractivity contribution in [1.29, 1.82) is 0 Å². The summed E-state index contributed by atoms with van der Waals surface area (Å²) in [6.07, 6.45) is 4.79. The van der Waals surface area contributed by atoms with Crippen LogP contribution in [0.1, 0.15) is 61.0 Å². The number of piperidine rings is 1. The van der Waals surface area contributed by atoms with Crippen LogP contribution in [0.4, 0.5) is 0 Å². The highest BCUT2D eigenvalue weighted by atomic mass is 16.5. The molecule has 194 valence electrons. The number of fused-ring (bicyclic) bond motifs is 1. The van der Waals surface area contributed by atoms with E-state index in [1.807, 2.05) is 42.5 Å². The third-order valence-electron chi connectivity index (χ3n) is 7.69. The van der Waals surface area contributed by atoms with Crippen molar-refractivity contribution in [3.8, 4) is 17.2 Å². The van der Waals surface area contributed by atoms with Crippen LogP contribution < -0.4 is 14.2 Å². The molecule has 2 aliphatic rings. The Morgan fingerprint density at radius 1 is 0.757 bits per heavy atom. The molecule has 2 unspecified atom stereocenters. The molecule has 3 aromatic rings. The normalized spacial score (nSPS) is 17.6. The lowest BCUT2D eigenvalue weighted by Gasteiger charge is -2.32. The van der Waals surface area contributed by atoms with Crippen molar-refractivity contribution in [2.24, 2.45) is 0 Å². The average Bonchev–Trinajstić information content (AvgIpc) is 2.96. The van der Waals surface area contributed by atoms with Crippen molar-refractivity contribution < 1.29 is 19.3 Å². The largest absolute Gasteiger partial charge is 0.497 e. The monoisotopic (exact) mass is 499 g/mol. The number of hydrogen-bond donors (Lipinski definition) is 1. The number of allylic oxidation sites excluding steroid dienone is 1. The molecule has 1 fully saturated rings. The van der Waals surface area contributed by atoms with Crippen molar-refractivity contribution in [3.63, 3.8) is 0 Å². The number of ether oxygens (including phenoxy) is 3. The van der Waals surface area contributed by atoms with Crippen LogP contribution in [0, 0.1) is 0 Å². The Kier molecular flexibility index (Phi) is 7.82. The van der Waals surface area contributed by atoms with Gasteiger partial charge in [-0.3, -0.25) is 4.90 Å². The molecule has 0 radical (unpaired) electrons. The van der Waals surface area contributed by atoms with E-state index >= 15 is 0 Å². The van der Waals surface area contributed by atoms with E-state index in [1.165, 1.54) is 24.8 Å². The molecule has 1 heterocycles. The summed E-state index contributed by atoms with van der Waals surface area (Å²) in [7, 11) is 3.36. The third kappa shape index (κ3) is 5.53. The first-order chi connectivity index (χ1) is 18.1. The number of methoxy groups -OCH3 is 2. The summed E-state index contributed by atoms with van der Waals surface area (Å²) in [6.45, 7) is 4.29. The quantitative estimate of drug-likeness (QED) is 0.383. The number of aryl methyl sites for hydroxylation is 1. The highest BCUT2D eigenvalue weighted by Crippen LogP contribution is 2.44. The Labute approximate surface area is 220 Å². The summed E-state index contributed by atoms with van der Waals surface area (Å²) >= 11 is 0. The second-order valence-electron chi connectivity index (χ2n) is 9.93. The Morgan fingerprint density at radius 3 is 2.08 bits per heavy atom. The van der Waals surface area contributed by atoms with Gasteiger partial charge in [-0.1, -0.05) is 36.8 Å². The van der Waals surface area contributed by atoms with E-state index < -0.39 is 6.10 Å². The van der Waals surface area contributed by atoms with Gasteiger partial charge >= 0.3 is 0 Å². The topological polar surface area (TPSA) is 51.2 Å². The zero-order chi connectivity index (χ0) is 25.8. The lowest BCUT2D eigenvalue weighted by Crippen LogP contribution is -2.40. The summed E-state index contributed by atoms with van der Waals surface area (Å²) in [6, 6.07) is 22.2. The van der Waals surface area contributed by atoms with Gasteiger partial charge in [0.1, 0.15) is 29.6 Å². The molecule has 0 amide bonds. The second kappa shape index (κ2) is 11.4. The maximum Gasteiger partial charge on any atom is 0.149 e. The van der Waals surface area contributed by atoms with Gasteiger partial charge in [0, 0.05) is 13.1 Å². The van der Waals surface area contributed by atoms with Crippen molar-refractivity contribution in [2.75, 3.05) is 27.3 Å². The molecule has 0 spiro atoms. The summed E-state index contributed by atoms with van der Waals surface area (Å²) in [4.78, 5) is 2.39. The predicted molar refractivity (Wildman–Crippen MR) is 148 cm³/mol. The maximum absolute atomic E-state index is 11.8. The Morgan fingerprint density at radius 2 is 1.41 bits per heavy atom. The molecule has 2 atom stereocenters. The zero-order valence-corrected chi connectivity index (χ0v) is 22.1. The van der Waals surface area contributed by atoms with E-state index in [-0.39, 0.29) is 6.23 Å². The van der Waals surface area contributed by atoms with Crippen LogP contribution in [-0.4, -0.2) is 43.5 Å². The van der Waals surface area contributed by atoms with E-state index in [0.717, 1.165) is 71.0 Å². The summed E-state index contributed by atoms with van der Waals surface area (Å²) in [5.41, 5.74) is 6.33. The number of likely N-dealkylation sites (tertiary alicyclic amines) is 1. The zero-order valence-electron chi connectivity index (χ0n) is 22.1. The van der Waals surface area contributed by atoms with Crippen LogP contribution in [0.15, 0.2) is 66.7 Å². The molecule has 5 heteroatoms. The molecule has 5 rings (SSSR count). The van der Waals surface area contributed by atoms with Gasteiger partial charge in [0.15, 0.2) is 0 Å². The van der Waals surface area contributed by atoms with Crippen molar-refractivity contribution in [2.45, 2.75) is 51.4 Å². The molecule has 0 saturated carbocycles. The fraction of sp³-hybridized carbons (Fsp3) is 0.375. The van der Waals surface area contributed by atoms with Crippen LogP contribution in [0.25, 0.3) is 11.1 Å². The number of aliphatic hydroxyl groups excluding tert-OH is 1. The van der Waals surface area contributed by atoms with Crippen LogP contribution in [-0.2, 0) is 6.42 Å². The number of aliphatic hydroxyl groups is 1. The molecule has 3 aromatic carbocycles. The van der Waals surface area contributed by atoms with Gasteiger partial charge in [-0.25, -0.2) is 0 Å². The first kappa shape index (κ1) is 25.4. The number of rotatable bonds is 8. The van der Waals surface area contributed by atoms with Crippen LogP contribution in [0.5, 0.6) is 17.2 Å². The molecule has 5 nitrogen and oxygen atoms in total. The highest BCUT2D eigenvalue weighted by Gasteiger charge is 2.27. The summed E-state index contributed by atoms with van der Waals surface area (Å²) < 4.78 is 17.1. The van der Waals surface area contributed by atoms with Crippen LogP contribution in [0.2, 0.25) is 0 Å². The van der Waals surface area contributed by atoms with E-state index in [1.54, 1.807) is 14.2 Å². The van der Waals surface area contributed by atoms with Gasteiger partial charge in [0.2, 0.25) is 0 Å². The first-order valence-corrected chi connectivity index (χ1v) is 13.3. The van der Waals surface area contributed by atoms with E-state index in [4.69, 9.17) is 14.2 Å². The fourth-order valence-electron chi connectivity index (χ4n) is 5.58. The molecular formula is C32H37NO4. The van der Waals surface area contributed by atoms with Crippen molar-refractivity contribution in [1.82, 2.24) is 4.90 Å². The standard InChI is InChI=1S/C32H37NO4/c1-22(33-19-5-4-6-20-33)37-27-14-9-24(10-15-27)32(34)31-29(23-7-12-26(35-2)13-8-23)17-11-25-21-28(36-3)16-18-30(25)31/h7-10,12-16,18,21-22,32,34H,4-6,11,17,19-20H2,1-3H3. The predicted octanol–water partition coefficient (Wildman–Crippen LogP) is 6.51. The lowest BCUT2D eigenvalue weighted by atomic mass is 9.79. The summed E-state index contributed by atoms with van der Waals surface area (Å²) in [5, 5.41) is 11.8. The molecular weight excluding hydrogens is 462 g/mol. The maximum atomic E-state index is 11.8. The molecule has 0 bridgehead atoms. The first-order valence-electron chi connectivity index (χ1n) is 13.3. The smallest absolute Gasteiger partial charge is 0.149 e. The van der Waals surface area contributed by atoms with Crippen molar-refractivity contribution in [3.05, 3.63) is 89.0 Å². The minimum Gasteiger partial charge on any atom is -0.497 e. The fourth-order valence-corrected chi connectivity index (χ4v) is 5.58. The van der Waals surface area contributed by atoms with Gasteiger partial charge in [0.25, 0.3) is 0 Å². The molecule has 1 N–H and O–H groups in total. The van der Waals surface area contributed by atoms with E-state index in [9.17, 15) is 5.11 Å². The summed E-state index contributed by atoms with van der Waals surface area (Å²) in [5.74, 6) is 2.48. The average molecular weight is 500 g/mol. The highest BCUT2D eigenvalue weighted by molar-refractivity contribution is 5.95. The number of benzene rings is 3. The van der Waals surface area contributed by atoms with Gasteiger partial charge in [0.05, 0.1) is 14.2 Å². The Bertz CT molecular complexity index is 1230. The molecule has 1 aliphatic carbocycles. The van der Waals surface area contributed by atoms with Crippen LogP contribution in [0.3, 0.4) is 0 Å². The molecule has 1 saturated heterocycles. The molecule has 37 heavy (non-hydrogen) atoms. The van der Waals surface area contributed by atoms with Gasteiger partial charge < -0.3 is 19.3 Å². The van der Waals surface area contributed by atoms with Gasteiger partial charge in [-0.05, 0) is 102 Å². The van der Waals surface area contributed by atoms with Crippen LogP contribution >= 0.6 is 0 Å².